The highest BCUT2D eigenvalue weighted by Gasteiger charge is 2.22. The van der Waals surface area contributed by atoms with E-state index < -0.39 is 0 Å². The van der Waals surface area contributed by atoms with Crippen molar-refractivity contribution in [2.45, 2.75) is 5.37 Å². The number of pyridine rings is 1. The highest BCUT2D eigenvalue weighted by atomic mass is 35.5. The van der Waals surface area contributed by atoms with Crippen molar-refractivity contribution >= 4 is 45.3 Å². The molecule has 3 rings (SSSR count). The molecule has 112 valence electrons. The predicted octanol–water partition coefficient (Wildman–Crippen LogP) is 3.96. The molecule has 0 unspecified atom stereocenters. The topological polar surface area (TPSA) is 54.4 Å². The fourth-order valence-electron chi connectivity index (χ4n) is 1.84. The quantitative estimate of drug-likeness (QED) is 0.847. The molecule has 0 amide bonds. The summed E-state index contributed by atoms with van der Waals surface area (Å²) in [6, 6.07) is 12.7. The summed E-state index contributed by atoms with van der Waals surface area (Å²) in [6.07, 6.45) is 1.76. The lowest BCUT2D eigenvalue weighted by Gasteiger charge is -2.07. The first-order valence-electron chi connectivity index (χ1n) is 6.55. The minimum atomic E-state index is 0.00864. The molecule has 0 fully saturated rings. The second-order valence-electron chi connectivity index (χ2n) is 4.48. The number of Topliss-reactive ketones (excluding diaryl/α,β-unsaturated/α-hetero) is 1. The van der Waals surface area contributed by atoms with Gasteiger partial charge in [0.25, 0.3) is 0 Å². The van der Waals surface area contributed by atoms with Crippen LogP contribution in [0.25, 0.3) is 0 Å². The Hall–Kier alpha value is -1.50. The third-order valence-electron chi connectivity index (χ3n) is 2.94. The predicted molar refractivity (Wildman–Crippen MR) is 93.4 cm³/mol. The zero-order valence-electron chi connectivity index (χ0n) is 11.4. The molecule has 22 heavy (non-hydrogen) atoms. The van der Waals surface area contributed by atoms with E-state index in [1.165, 1.54) is 11.8 Å². The molecule has 0 saturated heterocycles. The number of benzene rings is 1. The van der Waals surface area contributed by atoms with Crippen LogP contribution < -0.4 is 5.43 Å². The van der Waals surface area contributed by atoms with Gasteiger partial charge in [-0.05, 0) is 36.4 Å². The van der Waals surface area contributed by atoms with Gasteiger partial charge in [0.2, 0.25) is 0 Å². The van der Waals surface area contributed by atoms with Crippen LogP contribution in [0, 0.1) is 0 Å². The summed E-state index contributed by atoms with van der Waals surface area (Å²) in [6.45, 7) is 0. The minimum Gasteiger partial charge on any atom is -0.293 e. The Bertz CT molecular complexity index is 692. The van der Waals surface area contributed by atoms with E-state index >= 15 is 0 Å². The van der Waals surface area contributed by atoms with Gasteiger partial charge in [0, 0.05) is 16.8 Å². The van der Waals surface area contributed by atoms with Crippen LogP contribution in [0.15, 0.2) is 53.8 Å². The average Bonchev–Trinajstić information content (AvgIpc) is 3.03. The number of aromatic nitrogens is 1. The van der Waals surface area contributed by atoms with E-state index in [4.69, 9.17) is 11.6 Å². The Labute approximate surface area is 141 Å². The van der Waals surface area contributed by atoms with Crippen LogP contribution in [0.5, 0.6) is 0 Å². The third kappa shape index (κ3) is 3.82. The van der Waals surface area contributed by atoms with Gasteiger partial charge >= 0.3 is 0 Å². The second-order valence-corrected chi connectivity index (χ2v) is 7.23. The first kappa shape index (κ1) is 15.4. The number of carbonyl (C=O) groups excluding carboxylic acids is 1. The Morgan fingerprint density at radius 3 is 2.82 bits per heavy atom. The molecule has 7 heteroatoms. The molecular weight excluding hydrogens is 338 g/mol. The van der Waals surface area contributed by atoms with Gasteiger partial charge in [0.15, 0.2) is 10.2 Å². The van der Waals surface area contributed by atoms with Crippen LogP contribution in [-0.2, 0) is 0 Å². The van der Waals surface area contributed by atoms with Crippen molar-refractivity contribution in [2.24, 2.45) is 5.10 Å². The average molecular weight is 350 g/mol. The summed E-state index contributed by atoms with van der Waals surface area (Å²) in [5.74, 6) is 0.413. The fourth-order valence-corrected chi connectivity index (χ4v) is 3.91. The maximum Gasteiger partial charge on any atom is 0.173 e. The first-order chi connectivity index (χ1) is 10.7. The van der Waals surface area contributed by atoms with Crippen molar-refractivity contribution in [3.05, 3.63) is 64.9 Å². The SMILES string of the molecule is O=C(CSC1=NN[C@@H](c2ccccn2)S1)c1ccc(Cl)cc1. The van der Waals surface area contributed by atoms with Gasteiger partial charge in [0.1, 0.15) is 5.37 Å². The van der Waals surface area contributed by atoms with Crippen molar-refractivity contribution < 1.29 is 4.79 Å². The number of rotatable bonds is 4. The number of halogens is 1. The van der Waals surface area contributed by atoms with E-state index in [1.54, 1.807) is 42.2 Å². The Balaban J connectivity index is 1.52. The maximum absolute atomic E-state index is 12.1. The molecule has 1 aliphatic heterocycles. The molecule has 1 atom stereocenters. The first-order valence-corrected chi connectivity index (χ1v) is 8.79. The van der Waals surface area contributed by atoms with E-state index in [1.807, 2.05) is 18.2 Å². The summed E-state index contributed by atoms with van der Waals surface area (Å²) >= 11 is 8.82. The number of nitrogens with zero attached hydrogens (tertiary/aromatic N) is 2. The van der Waals surface area contributed by atoms with Gasteiger partial charge in [-0.3, -0.25) is 15.2 Å². The Morgan fingerprint density at radius 1 is 1.27 bits per heavy atom. The molecule has 4 nitrogen and oxygen atoms in total. The third-order valence-corrected chi connectivity index (χ3v) is 5.46. The van der Waals surface area contributed by atoms with Crippen LogP contribution in [0.4, 0.5) is 0 Å². The summed E-state index contributed by atoms with van der Waals surface area (Å²) < 4.78 is 0.845. The van der Waals surface area contributed by atoms with Gasteiger partial charge in [-0.15, -0.1) is 0 Å². The number of thioether (sulfide) groups is 2. The zero-order valence-corrected chi connectivity index (χ0v) is 13.8. The number of carbonyl (C=O) groups is 1. The maximum atomic E-state index is 12.1. The van der Waals surface area contributed by atoms with E-state index in [-0.39, 0.29) is 11.2 Å². The molecule has 1 N–H and O–H groups in total. The van der Waals surface area contributed by atoms with Gasteiger partial charge in [-0.25, -0.2) is 0 Å². The summed E-state index contributed by atoms with van der Waals surface area (Å²) in [7, 11) is 0. The number of hydrogen-bond acceptors (Lipinski definition) is 6. The van der Waals surface area contributed by atoms with E-state index in [2.05, 4.69) is 15.5 Å². The molecule has 1 aromatic heterocycles. The molecule has 1 aliphatic rings. The van der Waals surface area contributed by atoms with E-state index in [0.717, 1.165) is 10.1 Å². The summed E-state index contributed by atoms with van der Waals surface area (Å²) in [5.41, 5.74) is 4.62. The number of hydrazone groups is 1. The molecule has 1 aromatic carbocycles. The van der Waals surface area contributed by atoms with Crippen molar-refractivity contribution in [1.82, 2.24) is 10.4 Å². The zero-order chi connectivity index (χ0) is 15.4. The largest absolute Gasteiger partial charge is 0.293 e. The molecule has 2 aromatic rings. The molecule has 0 spiro atoms. The van der Waals surface area contributed by atoms with Crippen molar-refractivity contribution in [1.29, 1.82) is 0 Å². The van der Waals surface area contributed by atoms with Crippen LogP contribution in [0.1, 0.15) is 21.4 Å². The molecule has 2 heterocycles. The van der Waals surface area contributed by atoms with Gasteiger partial charge in [-0.2, -0.15) is 5.10 Å². The number of hydrogen-bond donors (Lipinski definition) is 1. The molecular formula is C15H12ClN3OS2. The monoisotopic (exact) mass is 349 g/mol. The Kier molecular flexibility index (Phi) is 5.02. The normalized spacial score (nSPS) is 17.0. The summed E-state index contributed by atoms with van der Waals surface area (Å²) in [5, 5.41) is 4.89. The smallest absolute Gasteiger partial charge is 0.173 e. The number of nitrogens with one attached hydrogen (secondary N) is 1. The molecule has 0 saturated carbocycles. The van der Waals surface area contributed by atoms with Crippen LogP contribution in [0.2, 0.25) is 5.02 Å². The molecule has 0 bridgehead atoms. The highest BCUT2D eigenvalue weighted by Crippen LogP contribution is 2.34. The lowest BCUT2D eigenvalue weighted by atomic mass is 10.1. The lowest BCUT2D eigenvalue weighted by molar-refractivity contribution is 0.102. The van der Waals surface area contributed by atoms with Crippen LogP contribution in [0.3, 0.4) is 0 Å². The summed E-state index contributed by atoms with van der Waals surface area (Å²) in [4.78, 5) is 16.4. The highest BCUT2D eigenvalue weighted by molar-refractivity contribution is 8.39. The second kappa shape index (κ2) is 7.17. The molecule has 0 aliphatic carbocycles. The van der Waals surface area contributed by atoms with Gasteiger partial charge < -0.3 is 0 Å². The lowest BCUT2D eigenvalue weighted by Crippen LogP contribution is -2.07. The minimum absolute atomic E-state index is 0.00864. The van der Waals surface area contributed by atoms with Gasteiger partial charge in [0.05, 0.1) is 11.4 Å². The van der Waals surface area contributed by atoms with E-state index in [9.17, 15) is 4.79 Å². The van der Waals surface area contributed by atoms with Crippen molar-refractivity contribution in [3.8, 4) is 0 Å². The van der Waals surface area contributed by atoms with Crippen LogP contribution in [-0.4, -0.2) is 20.9 Å². The van der Waals surface area contributed by atoms with Crippen LogP contribution >= 0.6 is 35.1 Å². The van der Waals surface area contributed by atoms with Crippen molar-refractivity contribution in [3.63, 3.8) is 0 Å². The van der Waals surface area contributed by atoms with Gasteiger partial charge in [-0.1, -0.05) is 41.2 Å². The van der Waals surface area contributed by atoms with E-state index in [0.29, 0.717) is 16.3 Å². The Morgan fingerprint density at radius 2 is 2.09 bits per heavy atom. The fraction of sp³-hybridized carbons (Fsp3) is 0.133. The van der Waals surface area contributed by atoms with Crippen molar-refractivity contribution in [2.75, 3.05) is 5.75 Å². The number of ketones is 1. The molecule has 0 radical (unpaired) electrons. The standard InChI is InChI=1S/C15H12ClN3OS2/c16-11-6-4-10(5-7-11)13(20)9-21-15-19-18-14(22-15)12-3-1-2-8-17-12/h1-8,14,18H,9H2/t14-/m1/s1.